The summed E-state index contributed by atoms with van der Waals surface area (Å²) in [6.07, 6.45) is -50.7. The van der Waals surface area contributed by atoms with E-state index in [1.54, 1.807) is 0 Å². The summed E-state index contributed by atoms with van der Waals surface area (Å²) < 4.78 is 366. The molecule has 5 aromatic rings. The predicted molar refractivity (Wildman–Crippen MR) is 199 cm³/mol. The van der Waals surface area contributed by atoms with Crippen LogP contribution < -0.4 is 21.9 Å². The van der Waals surface area contributed by atoms with Gasteiger partial charge in [-0.3, -0.25) is 0 Å². The molecule has 0 radical (unpaired) electrons. The maximum absolute atomic E-state index is 14.2. The monoisotopic (exact) mass is 1050 g/mol. The van der Waals surface area contributed by atoms with Gasteiger partial charge < -0.3 is 0 Å². The van der Waals surface area contributed by atoms with Gasteiger partial charge in [0.15, 0.2) is 0 Å². The highest BCUT2D eigenvalue weighted by atomic mass is 32.2. The fourth-order valence-corrected chi connectivity index (χ4v) is 7.88. The largest absolute Gasteiger partial charge is 0.416 e. The van der Waals surface area contributed by atoms with E-state index in [4.69, 9.17) is 0 Å². The lowest BCUT2D eigenvalue weighted by atomic mass is 9.12. The number of benzene rings is 5. The molecule has 0 aliphatic rings. The molecule has 0 amide bonds. The Hall–Kier alpha value is -5.31. The fraction of sp³-hybridized carbons (Fsp3) is 0.268. The van der Waals surface area contributed by atoms with Crippen LogP contribution in [0.5, 0.6) is 0 Å². The van der Waals surface area contributed by atoms with Crippen LogP contribution in [0.25, 0.3) is 0 Å². The molecule has 0 aliphatic carbocycles. The first kappa shape index (κ1) is 56.3. The van der Waals surface area contributed by atoms with Crippen LogP contribution in [0.1, 0.15) is 50.1 Å². The minimum absolute atomic E-state index is 0.154. The number of hydrogen-bond donors (Lipinski definition) is 0. The molecule has 28 heteroatoms. The first-order valence-corrected chi connectivity index (χ1v) is 20.4. The van der Waals surface area contributed by atoms with Gasteiger partial charge in [0.2, 0.25) is 0 Å². The van der Waals surface area contributed by atoms with Crippen LogP contribution in [0.15, 0.2) is 91.0 Å². The van der Waals surface area contributed by atoms with Gasteiger partial charge in [-0.15, -0.1) is 0 Å². The summed E-state index contributed by atoms with van der Waals surface area (Å²) in [6, 6.07) is -5.07. The van der Waals surface area contributed by atoms with E-state index in [2.05, 4.69) is 0 Å². The normalized spacial score (nSPS) is 13.7. The zero-order chi connectivity index (χ0) is 53.1. The molecule has 0 saturated carbocycles. The van der Waals surface area contributed by atoms with Gasteiger partial charge in [0.25, 0.3) is 0 Å². The van der Waals surface area contributed by atoms with Gasteiger partial charge >= 0.3 is 49.4 Å². The summed E-state index contributed by atoms with van der Waals surface area (Å²) in [5, 5.41) is 0. The summed E-state index contributed by atoms with van der Waals surface area (Å²) in [4.78, 5) is 0. The van der Waals surface area contributed by atoms with Crippen molar-refractivity contribution in [3.05, 3.63) is 153 Å². The molecule has 0 N–H and O–H groups in total. The van der Waals surface area contributed by atoms with Crippen LogP contribution in [0, 0.1) is 11.6 Å². The second kappa shape index (κ2) is 18.8. The number of rotatable bonds is 6. The molecule has 0 spiro atoms. The van der Waals surface area contributed by atoms with E-state index >= 15 is 0 Å². The number of hydrogen-bond acceptors (Lipinski definition) is 0. The molecule has 0 bridgehead atoms. The Balaban J connectivity index is 0.000000750. The second-order valence-electron chi connectivity index (χ2n) is 15.1. The zero-order valence-corrected chi connectivity index (χ0v) is 34.5. The third-order valence-electron chi connectivity index (χ3n) is 9.90. The van der Waals surface area contributed by atoms with Crippen LogP contribution in [0.2, 0.25) is 0 Å². The quantitative estimate of drug-likeness (QED) is 0.0903. The maximum Gasteiger partial charge on any atom is 0.416 e. The Morgan fingerprint density at radius 3 is 0.681 bits per heavy atom. The molecular weight excluding hydrogens is 1030 g/mol. The van der Waals surface area contributed by atoms with Crippen LogP contribution in [-0.2, 0) is 66.1 Å². The topological polar surface area (TPSA) is 0 Å². The summed E-state index contributed by atoms with van der Waals surface area (Å²) in [6.45, 7) is 0. The Morgan fingerprint density at radius 1 is 0.319 bits per heavy atom. The van der Waals surface area contributed by atoms with Gasteiger partial charge in [0, 0.05) is 11.6 Å². The number of alkyl halides is 24. The van der Waals surface area contributed by atoms with E-state index in [1.807, 2.05) is 12.5 Å². The van der Waals surface area contributed by atoms with Gasteiger partial charge in [-0.2, -0.15) is 127 Å². The van der Waals surface area contributed by atoms with Crippen molar-refractivity contribution in [1.82, 2.24) is 0 Å². The van der Waals surface area contributed by atoms with Crippen molar-refractivity contribution >= 4 is 38.9 Å². The van der Waals surface area contributed by atoms with Gasteiger partial charge in [-0.1, -0.05) is 48.5 Å². The van der Waals surface area contributed by atoms with E-state index in [9.17, 15) is 114 Å². The van der Waals surface area contributed by atoms with E-state index in [0.717, 1.165) is 6.07 Å². The molecule has 69 heavy (non-hydrogen) atoms. The van der Waals surface area contributed by atoms with E-state index in [1.165, 1.54) is 12.1 Å². The maximum atomic E-state index is 14.2. The minimum Gasteiger partial charge on any atom is -0.207 e. The smallest absolute Gasteiger partial charge is 0.207 e. The van der Waals surface area contributed by atoms with Gasteiger partial charge in [-0.05, 0) is 47.3 Å². The SMILES string of the molecule is C[S+](C)Cc1ccc(F)cc1F.FC(F)(F)c1cc([B-](c2cc(C(F)(F)F)cc(C(F)(F)F)c2)(c2cc(C(F)(F)F)cc(C(F)(F)F)c2)c2cc(C(F)(F)F)cc(C(F)(F)F)c2)cc(C(F)(F)F)c1. The Morgan fingerprint density at radius 2 is 0.522 bits per heavy atom. The molecule has 378 valence electrons. The van der Waals surface area contributed by atoms with Gasteiger partial charge in [-0.25, -0.2) is 8.78 Å². The summed E-state index contributed by atoms with van der Waals surface area (Å²) in [7, 11) is 0.154. The highest BCUT2D eigenvalue weighted by molar-refractivity contribution is 7.94. The van der Waals surface area contributed by atoms with Crippen molar-refractivity contribution in [2.75, 3.05) is 12.5 Å². The third kappa shape index (κ3) is 13.3. The highest BCUT2D eigenvalue weighted by Crippen LogP contribution is 2.41. The molecule has 0 saturated heterocycles. The van der Waals surface area contributed by atoms with Crippen LogP contribution >= 0.6 is 0 Å². The van der Waals surface area contributed by atoms with Crippen molar-refractivity contribution < 1.29 is 114 Å². The molecule has 0 fully saturated rings. The average Bonchev–Trinajstić information content (AvgIpc) is 3.16. The Bertz CT molecular complexity index is 2200. The van der Waals surface area contributed by atoms with Crippen molar-refractivity contribution in [2.45, 2.75) is 55.2 Å². The minimum atomic E-state index is -6.13. The lowest BCUT2D eigenvalue weighted by Crippen LogP contribution is -2.75. The molecule has 5 rings (SSSR count). The molecule has 0 unspecified atom stereocenters. The number of halogens is 26. The highest BCUT2D eigenvalue weighted by Gasteiger charge is 2.47. The molecule has 0 aliphatic heterocycles. The first-order valence-electron chi connectivity index (χ1n) is 18.2. The van der Waals surface area contributed by atoms with Gasteiger partial charge in [0.1, 0.15) is 23.5 Å². The van der Waals surface area contributed by atoms with E-state index < -0.39 is 206 Å². The molecule has 0 nitrogen and oxygen atoms in total. The van der Waals surface area contributed by atoms with Crippen LogP contribution in [0.3, 0.4) is 0 Å². The van der Waals surface area contributed by atoms with Crippen molar-refractivity contribution in [3.63, 3.8) is 0 Å². The van der Waals surface area contributed by atoms with Crippen LogP contribution in [-0.4, -0.2) is 18.7 Å². The molecule has 5 aromatic carbocycles. The zero-order valence-electron chi connectivity index (χ0n) is 33.7. The lowest BCUT2D eigenvalue weighted by Gasteiger charge is -2.46. The van der Waals surface area contributed by atoms with Crippen molar-refractivity contribution in [1.29, 1.82) is 0 Å². The standard InChI is InChI=1S/C32H12BF24.C9H11F2S/c34-25(35,36)13-1-14(26(37,38)39)6-21(5-13)33(22-7-15(27(40,41)42)2-16(8-22)28(43,44)45,23-9-17(29(46,47)48)3-18(10-23)30(49,50)51)24-11-19(31(52,53)54)4-20(12-24)32(55,56)57;1-12(2)6-7-3-4-8(10)5-9(7)11/h1-12H;3-5H,6H2,1-2H3/q-1;+1. The third-order valence-corrected chi connectivity index (χ3v) is 10.8. The summed E-state index contributed by atoms with van der Waals surface area (Å²) >= 11 is 0. The van der Waals surface area contributed by atoms with Gasteiger partial charge in [0.05, 0.1) is 57.0 Å². The molecule has 0 aromatic heterocycles. The van der Waals surface area contributed by atoms with Crippen LogP contribution in [0.4, 0.5) is 114 Å². The molecule has 0 atom stereocenters. The van der Waals surface area contributed by atoms with E-state index in [0.29, 0.717) is 11.3 Å². The predicted octanol–water partition coefficient (Wildman–Crippen LogP) is 13.6. The van der Waals surface area contributed by atoms with Crippen molar-refractivity contribution in [2.24, 2.45) is 0 Å². The first-order chi connectivity index (χ1) is 30.9. The molecular formula is C41H23BF26S. The molecule has 0 heterocycles. The van der Waals surface area contributed by atoms with E-state index in [-0.39, 0.29) is 10.9 Å². The average molecular weight is 1050 g/mol. The lowest BCUT2D eigenvalue weighted by molar-refractivity contribution is -0.144. The van der Waals surface area contributed by atoms with Crippen molar-refractivity contribution in [3.8, 4) is 0 Å². The summed E-state index contributed by atoms with van der Waals surface area (Å²) in [5.41, 5.74) is -29.6. The Kier molecular flexibility index (Phi) is 15.3. The fourth-order valence-electron chi connectivity index (χ4n) is 7.02. The second-order valence-corrected chi connectivity index (χ2v) is 17.3. The Labute approximate surface area is 373 Å². The summed E-state index contributed by atoms with van der Waals surface area (Å²) in [5.74, 6) is -0.258.